The number of piperidine rings is 1. The summed E-state index contributed by atoms with van der Waals surface area (Å²) in [5, 5.41) is 4.40. The molecule has 11 heteroatoms. The van der Waals surface area contributed by atoms with Crippen LogP contribution in [-0.2, 0) is 9.63 Å². The first kappa shape index (κ1) is 22.9. The quantitative estimate of drug-likeness (QED) is 0.513. The van der Waals surface area contributed by atoms with E-state index in [0.29, 0.717) is 54.2 Å². The molecule has 0 spiro atoms. The van der Waals surface area contributed by atoms with Gasteiger partial charge >= 0.3 is 5.97 Å². The van der Waals surface area contributed by atoms with E-state index in [4.69, 9.17) is 25.9 Å². The zero-order chi connectivity index (χ0) is 23.5. The number of nitrogens with one attached hydrogen (secondary N) is 1. The minimum absolute atomic E-state index is 0.0301. The molecule has 1 aliphatic rings. The molecule has 2 heterocycles. The maximum Gasteiger partial charge on any atom is 0.322 e. The van der Waals surface area contributed by atoms with Crippen LogP contribution in [0.25, 0.3) is 10.9 Å². The number of hydrogen-bond donors (Lipinski definition) is 1. The number of methoxy groups -OCH3 is 1. The van der Waals surface area contributed by atoms with Crippen LogP contribution in [0, 0.1) is 11.6 Å². The van der Waals surface area contributed by atoms with Crippen LogP contribution >= 0.6 is 11.6 Å². The number of anilines is 2. The Hall–Kier alpha value is -3.24. The van der Waals surface area contributed by atoms with E-state index >= 15 is 0 Å². The first-order chi connectivity index (χ1) is 15.9. The summed E-state index contributed by atoms with van der Waals surface area (Å²) >= 11 is 5.69. The number of fused-ring (bicyclic) bond motifs is 1. The molecule has 174 valence electrons. The molecule has 0 unspecified atom stereocenters. The van der Waals surface area contributed by atoms with Crippen molar-refractivity contribution in [3.63, 3.8) is 0 Å². The molecule has 1 aromatic heterocycles. The Morgan fingerprint density at radius 2 is 1.94 bits per heavy atom. The number of halogens is 3. The minimum Gasteiger partial charge on any atom is -0.493 e. The molecule has 3 aromatic rings. The molecule has 1 N–H and O–H groups in total. The third-order valence-corrected chi connectivity index (χ3v) is 5.51. The standard InChI is InChI=1S/C22H21ClF2N4O4/c1-12(30)33-29-7-5-13(6-8-29)32-19-9-14-17(10-18(19)31-2)26-11-27-22(14)28-16-4-3-15(24)20(23)21(16)25/h3-4,9-11,13H,5-8H2,1-2H3,(H,26,27,28). The van der Waals surface area contributed by atoms with Crippen molar-refractivity contribution in [2.45, 2.75) is 25.9 Å². The van der Waals surface area contributed by atoms with Gasteiger partial charge in [0.2, 0.25) is 0 Å². The maximum absolute atomic E-state index is 14.4. The molecular formula is C22H21ClF2N4O4. The van der Waals surface area contributed by atoms with Crippen LogP contribution < -0.4 is 14.8 Å². The van der Waals surface area contributed by atoms with Crippen LogP contribution in [0.1, 0.15) is 19.8 Å². The topological polar surface area (TPSA) is 85.8 Å². The lowest BCUT2D eigenvalue weighted by Gasteiger charge is -2.30. The van der Waals surface area contributed by atoms with E-state index in [2.05, 4.69) is 15.3 Å². The summed E-state index contributed by atoms with van der Waals surface area (Å²) in [4.78, 5) is 24.7. The smallest absolute Gasteiger partial charge is 0.322 e. The number of benzene rings is 2. The van der Waals surface area contributed by atoms with Gasteiger partial charge in [0.1, 0.15) is 29.1 Å². The summed E-state index contributed by atoms with van der Waals surface area (Å²) in [7, 11) is 1.52. The molecule has 1 aliphatic heterocycles. The van der Waals surface area contributed by atoms with Crippen molar-refractivity contribution in [1.29, 1.82) is 0 Å². The van der Waals surface area contributed by atoms with Crippen molar-refractivity contribution in [2.75, 3.05) is 25.5 Å². The zero-order valence-corrected chi connectivity index (χ0v) is 18.7. The van der Waals surface area contributed by atoms with Gasteiger partial charge < -0.3 is 19.6 Å². The van der Waals surface area contributed by atoms with Gasteiger partial charge in [0.15, 0.2) is 17.3 Å². The van der Waals surface area contributed by atoms with Gasteiger partial charge in [-0.1, -0.05) is 11.6 Å². The highest BCUT2D eigenvalue weighted by Gasteiger charge is 2.24. The van der Waals surface area contributed by atoms with Crippen molar-refractivity contribution < 1.29 is 27.9 Å². The number of rotatable bonds is 6. The van der Waals surface area contributed by atoms with Gasteiger partial charge in [0.05, 0.1) is 18.3 Å². The molecule has 0 amide bonds. The fourth-order valence-corrected chi connectivity index (χ4v) is 3.73. The second-order valence-corrected chi connectivity index (χ2v) is 7.80. The summed E-state index contributed by atoms with van der Waals surface area (Å²) < 4.78 is 39.6. The van der Waals surface area contributed by atoms with Gasteiger partial charge in [-0.15, -0.1) is 5.06 Å². The van der Waals surface area contributed by atoms with Gasteiger partial charge in [0.25, 0.3) is 0 Å². The van der Waals surface area contributed by atoms with Crippen molar-refractivity contribution in [1.82, 2.24) is 15.0 Å². The number of carbonyl (C=O) groups excluding carboxylic acids is 1. The Morgan fingerprint density at radius 1 is 1.18 bits per heavy atom. The summed E-state index contributed by atoms with van der Waals surface area (Å²) in [6.45, 7) is 2.45. The van der Waals surface area contributed by atoms with Crippen LogP contribution in [0.2, 0.25) is 5.02 Å². The van der Waals surface area contributed by atoms with Crippen molar-refractivity contribution in [2.24, 2.45) is 0 Å². The van der Waals surface area contributed by atoms with E-state index < -0.39 is 16.7 Å². The fourth-order valence-electron chi connectivity index (χ4n) is 3.57. The van der Waals surface area contributed by atoms with Crippen LogP contribution in [0.5, 0.6) is 11.5 Å². The second-order valence-electron chi connectivity index (χ2n) is 7.42. The van der Waals surface area contributed by atoms with Gasteiger partial charge in [-0.3, -0.25) is 4.79 Å². The van der Waals surface area contributed by atoms with Crippen molar-refractivity contribution >= 4 is 40.0 Å². The molecule has 8 nitrogen and oxygen atoms in total. The highest BCUT2D eigenvalue weighted by Crippen LogP contribution is 2.37. The Labute approximate surface area is 193 Å². The summed E-state index contributed by atoms with van der Waals surface area (Å²) in [5.41, 5.74) is 0.507. The van der Waals surface area contributed by atoms with E-state index in [0.717, 1.165) is 6.07 Å². The third kappa shape index (κ3) is 5.07. The number of ether oxygens (including phenoxy) is 2. The van der Waals surface area contributed by atoms with E-state index in [1.54, 1.807) is 17.2 Å². The van der Waals surface area contributed by atoms with Gasteiger partial charge in [-0.25, -0.2) is 18.7 Å². The molecule has 4 rings (SSSR count). The van der Waals surface area contributed by atoms with Gasteiger partial charge in [0, 0.05) is 44.3 Å². The summed E-state index contributed by atoms with van der Waals surface area (Å²) in [6, 6.07) is 5.71. The minimum atomic E-state index is -0.923. The molecule has 0 radical (unpaired) electrons. The molecule has 2 aromatic carbocycles. The maximum atomic E-state index is 14.4. The lowest BCUT2D eigenvalue weighted by atomic mass is 10.1. The SMILES string of the molecule is COc1cc2ncnc(Nc3ccc(F)c(Cl)c3F)c2cc1OC1CCN(OC(C)=O)CC1. The predicted molar refractivity (Wildman–Crippen MR) is 118 cm³/mol. The van der Waals surface area contributed by atoms with Crippen LogP contribution in [0.15, 0.2) is 30.6 Å². The third-order valence-electron chi connectivity index (χ3n) is 5.16. The lowest BCUT2D eigenvalue weighted by Crippen LogP contribution is -2.39. The van der Waals surface area contributed by atoms with E-state index in [1.807, 2.05) is 0 Å². The first-order valence-corrected chi connectivity index (χ1v) is 10.6. The second kappa shape index (κ2) is 9.72. The predicted octanol–water partition coefficient (Wildman–Crippen LogP) is 4.63. The molecule has 1 saturated heterocycles. The lowest BCUT2D eigenvalue weighted by molar-refractivity contribution is -0.195. The number of hydroxylamine groups is 2. The molecule has 0 saturated carbocycles. The Balaban J connectivity index is 1.61. The Morgan fingerprint density at radius 3 is 2.64 bits per heavy atom. The number of aromatic nitrogens is 2. The van der Waals surface area contributed by atoms with E-state index in [1.165, 1.54) is 26.4 Å². The van der Waals surface area contributed by atoms with Gasteiger partial charge in [-0.2, -0.15) is 0 Å². The highest BCUT2D eigenvalue weighted by molar-refractivity contribution is 6.31. The number of hydrogen-bond acceptors (Lipinski definition) is 8. The monoisotopic (exact) mass is 478 g/mol. The average molecular weight is 479 g/mol. The molecule has 0 aliphatic carbocycles. The number of nitrogens with zero attached hydrogens (tertiary/aromatic N) is 3. The Bertz CT molecular complexity index is 1190. The van der Waals surface area contributed by atoms with Crippen LogP contribution in [0.4, 0.5) is 20.3 Å². The van der Waals surface area contributed by atoms with Crippen molar-refractivity contribution in [3.05, 3.63) is 47.2 Å². The molecule has 0 bridgehead atoms. The fraction of sp³-hybridized carbons (Fsp3) is 0.318. The first-order valence-electron chi connectivity index (χ1n) is 10.2. The van der Waals surface area contributed by atoms with Crippen LogP contribution in [-0.4, -0.2) is 47.3 Å². The highest BCUT2D eigenvalue weighted by atomic mass is 35.5. The zero-order valence-electron chi connectivity index (χ0n) is 17.9. The van der Waals surface area contributed by atoms with Crippen molar-refractivity contribution in [3.8, 4) is 11.5 Å². The van der Waals surface area contributed by atoms with E-state index in [9.17, 15) is 13.6 Å². The molecule has 0 atom stereocenters. The normalized spacial score (nSPS) is 14.8. The summed E-state index contributed by atoms with van der Waals surface area (Å²) in [5.74, 6) is -0.902. The average Bonchev–Trinajstić information content (AvgIpc) is 2.80. The molecular weight excluding hydrogens is 458 g/mol. The Kier molecular flexibility index (Phi) is 6.75. The number of carbonyl (C=O) groups is 1. The largest absolute Gasteiger partial charge is 0.493 e. The molecule has 1 fully saturated rings. The molecule has 33 heavy (non-hydrogen) atoms. The van der Waals surface area contributed by atoms with E-state index in [-0.39, 0.29) is 17.8 Å². The van der Waals surface area contributed by atoms with Crippen LogP contribution in [0.3, 0.4) is 0 Å². The summed E-state index contributed by atoms with van der Waals surface area (Å²) in [6.07, 6.45) is 2.48. The van der Waals surface area contributed by atoms with Gasteiger partial charge in [-0.05, 0) is 18.2 Å².